The lowest BCUT2D eigenvalue weighted by Gasteiger charge is -2.23. The first kappa shape index (κ1) is 11.8. The molecule has 1 unspecified atom stereocenters. The Hall–Kier alpha value is -0.260. The van der Waals surface area contributed by atoms with E-state index >= 15 is 0 Å². The van der Waals surface area contributed by atoms with Gasteiger partial charge in [0.2, 0.25) is 0 Å². The maximum Gasteiger partial charge on any atom is 0.272 e. The van der Waals surface area contributed by atoms with Crippen LogP contribution in [0.3, 0.4) is 0 Å². The van der Waals surface area contributed by atoms with E-state index in [4.69, 9.17) is 5.73 Å². The molecule has 3 nitrogen and oxygen atoms in total. The fraction of sp³-hybridized carbons (Fsp3) is 1.00. The third kappa shape index (κ3) is 3.15. The quantitative estimate of drug-likeness (QED) is 0.715. The molecule has 0 aromatic heterocycles. The molecule has 84 valence electrons. The van der Waals surface area contributed by atoms with Crippen molar-refractivity contribution >= 4 is 0 Å². The molecule has 1 saturated heterocycles. The molecule has 1 atom stereocenters. The van der Waals surface area contributed by atoms with Gasteiger partial charge in [-0.25, -0.2) is 8.78 Å². The zero-order valence-electron chi connectivity index (χ0n) is 8.84. The molecule has 1 rings (SSSR count). The summed E-state index contributed by atoms with van der Waals surface area (Å²) in [6, 6.07) is 0.406. The Bertz CT molecular complexity index is 185. The number of alkyl halides is 2. The van der Waals surface area contributed by atoms with Gasteiger partial charge in [-0.3, -0.25) is 4.90 Å². The Morgan fingerprint density at radius 3 is 2.57 bits per heavy atom. The van der Waals surface area contributed by atoms with Crippen molar-refractivity contribution in [3.63, 3.8) is 0 Å². The van der Waals surface area contributed by atoms with Gasteiger partial charge in [-0.05, 0) is 27.1 Å². The Labute approximate surface area is 83.8 Å². The van der Waals surface area contributed by atoms with E-state index in [-0.39, 0.29) is 6.54 Å². The van der Waals surface area contributed by atoms with E-state index in [1.165, 1.54) is 0 Å². The van der Waals surface area contributed by atoms with Crippen molar-refractivity contribution in [3.05, 3.63) is 0 Å². The van der Waals surface area contributed by atoms with Gasteiger partial charge in [0.15, 0.2) is 0 Å². The topological polar surface area (TPSA) is 32.5 Å². The highest BCUT2D eigenvalue weighted by Gasteiger charge is 2.33. The third-order valence-electron chi connectivity index (χ3n) is 2.73. The van der Waals surface area contributed by atoms with E-state index in [2.05, 4.69) is 4.90 Å². The first-order valence-electron chi connectivity index (χ1n) is 4.91. The van der Waals surface area contributed by atoms with E-state index in [0.717, 1.165) is 19.5 Å². The molecule has 2 N–H and O–H groups in total. The molecule has 1 aliphatic heterocycles. The summed E-state index contributed by atoms with van der Waals surface area (Å²) in [5.74, 6) is -2.73. The summed E-state index contributed by atoms with van der Waals surface area (Å²) < 4.78 is 25.9. The molecule has 0 aromatic carbocycles. The second-order valence-corrected chi connectivity index (χ2v) is 4.20. The lowest BCUT2D eigenvalue weighted by atomic mass is 10.2. The summed E-state index contributed by atoms with van der Waals surface area (Å²) in [6.45, 7) is 0.713. The first-order chi connectivity index (χ1) is 6.44. The van der Waals surface area contributed by atoms with E-state index < -0.39 is 12.5 Å². The molecule has 0 amide bonds. The third-order valence-corrected chi connectivity index (χ3v) is 2.73. The summed E-state index contributed by atoms with van der Waals surface area (Å²) >= 11 is 0. The fourth-order valence-corrected chi connectivity index (χ4v) is 1.77. The van der Waals surface area contributed by atoms with Crippen LogP contribution in [0, 0.1) is 0 Å². The maximum absolute atomic E-state index is 13.0. The number of halogens is 2. The zero-order valence-corrected chi connectivity index (χ0v) is 8.84. The van der Waals surface area contributed by atoms with Gasteiger partial charge in [-0.2, -0.15) is 0 Å². The Kier molecular flexibility index (Phi) is 3.80. The van der Waals surface area contributed by atoms with Gasteiger partial charge in [-0.1, -0.05) is 0 Å². The SMILES string of the molecule is CN(C)C1CCN(CC(F)(F)CN)C1. The smallest absolute Gasteiger partial charge is 0.272 e. The summed E-state index contributed by atoms with van der Waals surface area (Å²) in [7, 11) is 3.96. The van der Waals surface area contributed by atoms with Gasteiger partial charge in [0.25, 0.3) is 5.92 Å². The predicted molar refractivity (Wildman–Crippen MR) is 52.5 cm³/mol. The summed E-state index contributed by atoms with van der Waals surface area (Å²) in [5, 5.41) is 0. The highest BCUT2D eigenvalue weighted by atomic mass is 19.3. The zero-order chi connectivity index (χ0) is 10.8. The van der Waals surface area contributed by atoms with E-state index in [0.29, 0.717) is 6.04 Å². The monoisotopic (exact) mass is 207 g/mol. The van der Waals surface area contributed by atoms with Gasteiger partial charge < -0.3 is 10.6 Å². The molecule has 0 saturated carbocycles. The Balaban J connectivity index is 2.36. The molecule has 5 heteroatoms. The maximum atomic E-state index is 13.0. The average molecular weight is 207 g/mol. The van der Waals surface area contributed by atoms with Crippen molar-refractivity contribution in [2.75, 3.05) is 40.3 Å². The van der Waals surface area contributed by atoms with E-state index in [9.17, 15) is 8.78 Å². The highest BCUT2D eigenvalue weighted by Crippen LogP contribution is 2.19. The minimum Gasteiger partial charge on any atom is -0.325 e. The largest absolute Gasteiger partial charge is 0.325 e. The fourth-order valence-electron chi connectivity index (χ4n) is 1.77. The van der Waals surface area contributed by atoms with Crippen molar-refractivity contribution in [1.82, 2.24) is 9.80 Å². The Morgan fingerprint density at radius 1 is 1.50 bits per heavy atom. The van der Waals surface area contributed by atoms with E-state index in [1.807, 2.05) is 14.1 Å². The molecule has 1 fully saturated rings. The molecular weight excluding hydrogens is 188 g/mol. The molecule has 0 bridgehead atoms. The van der Waals surface area contributed by atoms with Crippen LogP contribution in [-0.2, 0) is 0 Å². The minimum atomic E-state index is -2.73. The van der Waals surface area contributed by atoms with Gasteiger partial charge in [-0.15, -0.1) is 0 Å². The van der Waals surface area contributed by atoms with Gasteiger partial charge in [0.05, 0.1) is 13.1 Å². The van der Waals surface area contributed by atoms with E-state index in [1.54, 1.807) is 4.90 Å². The number of nitrogens with two attached hydrogens (primary N) is 1. The summed E-state index contributed by atoms with van der Waals surface area (Å²) in [4.78, 5) is 3.87. The van der Waals surface area contributed by atoms with Crippen LogP contribution in [0.25, 0.3) is 0 Å². The minimum absolute atomic E-state index is 0.201. The van der Waals surface area contributed by atoms with Gasteiger partial charge in [0, 0.05) is 12.6 Å². The molecule has 0 spiro atoms. The standard InChI is InChI=1S/C9H19F2N3/c1-13(2)8-3-4-14(5-8)7-9(10,11)6-12/h8H,3-7,12H2,1-2H3. The second kappa shape index (κ2) is 4.51. The van der Waals surface area contributed by atoms with Crippen LogP contribution < -0.4 is 5.73 Å². The lowest BCUT2D eigenvalue weighted by molar-refractivity contribution is -0.0191. The van der Waals surface area contributed by atoms with Crippen LogP contribution in [0.1, 0.15) is 6.42 Å². The average Bonchev–Trinajstić information content (AvgIpc) is 2.52. The van der Waals surface area contributed by atoms with Crippen molar-refractivity contribution in [2.45, 2.75) is 18.4 Å². The van der Waals surface area contributed by atoms with Crippen molar-refractivity contribution in [2.24, 2.45) is 5.73 Å². The highest BCUT2D eigenvalue weighted by molar-refractivity contribution is 4.84. The number of hydrogen-bond donors (Lipinski definition) is 1. The normalized spacial score (nSPS) is 24.9. The molecule has 14 heavy (non-hydrogen) atoms. The van der Waals surface area contributed by atoms with Crippen LogP contribution in [0.2, 0.25) is 0 Å². The molecule has 1 aliphatic rings. The van der Waals surface area contributed by atoms with Crippen LogP contribution in [0.5, 0.6) is 0 Å². The number of rotatable bonds is 4. The van der Waals surface area contributed by atoms with Crippen LogP contribution in [0.15, 0.2) is 0 Å². The number of nitrogens with zero attached hydrogens (tertiary/aromatic N) is 2. The van der Waals surface area contributed by atoms with Crippen molar-refractivity contribution in [1.29, 1.82) is 0 Å². The lowest BCUT2D eigenvalue weighted by Crippen LogP contribution is -2.42. The number of hydrogen-bond acceptors (Lipinski definition) is 3. The van der Waals surface area contributed by atoms with Crippen molar-refractivity contribution in [3.8, 4) is 0 Å². The van der Waals surface area contributed by atoms with Gasteiger partial charge in [0.1, 0.15) is 0 Å². The summed E-state index contributed by atoms with van der Waals surface area (Å²) in [5.41, 5.74) is 4.99. The molecule has 1 heterocycles. The molecule has 0 aromatic rings. The molecule has 0 radical (unpaired) electrons. The summed E-state index contributed by atoms with van der Waals surface area (Å²) in [6.07, 6.45) is 0.966. The van der Waals surface area contributed by atoms with Gasteiger partial charge >= 0.3 is 0 Å². The number of likely N-dealkylation sites (tertiary alicyclic amines) is 1. The Morgan fingerprint density at radius 2 is 2.14 bits per heavy atom. The second-order valence-electron chi connectivity index (χ2n) is 4.20. The first-order valence-corrected chi connectivity index (χ1v) is 4.91. The van der Waals surface area contributed by atoms with Crippen LogP contribution in [0.4, 0.5) is 8.78 Å². The van der Waals surface area contributed by atoms with Crippen LogP contribution >= 0.6 is 0 Å². The number of likely N-dealkylation sites (N-methyl/N-ethyl adjacent to an activating group) is 1. The van der Waals surface area contributed by atoms with Crippen molar-refractivity contribution < 1.29 is 8.78 Å². The predicted octanol–water partition coefficient (Wildman–Crippen LogP) is 0.216. The molecular formula is C9H19F2N3. The van der Waals surface area contributed by atoms with Crippen LogP contribution in [-0.4, -0.2) is 62.0 Å². The molecule has 0 aliphatic carbocycles.